The number of amides is 1. The molecule has 2 N–H and O–H groups in total. The summed E-state index contributed by atoms with van der Waals surface area (Å²) < 4.78 is 92.4. The third kappa shape index (κ3) is 8.06. The predicted octanol–water partition coefficient (Wildman–Crippen LogP) is 11.3. The van der Waals surface area contributed by atoms with Crippen molar-refractivity contribution in [2.75, 3.05) is 11.4 Å². The number of para-hydroxylation sites is 2. The summed E-state index contributed by atoms with van der Waals surface area (Å²) in [5, 5.41) is 0.790. The van der Waals surface area contributed by atoms with Crippen LogP contribution in [0, 0.1) is 0 Å². The van der Waals surface area contributed by atoms with Crippen LogP contribution in [0.1, 0.15) is 11.1 Å². The number of nitrogens with zero attached hydrogens (tertiary/aromatic N) is 5. The lowest BCUT2D eigenvalue weighted by molar-refractivity contribution is -0.138. The van der Waals surface area contributed by atoms with E-state index in [1.54, 1.807) is 41.3 Å². The molecule has 0 aliphatic rings. The summed E-state index contributed by atoms with van der Waals surface area (Å²) in [6.45, 7) is -0.260. The Kier molecular flexibility index (Phi) is 9.70. The number of thiazole rings is 2. The first kappa shape index (κ1) is 37.3. The van der Waals surface area contributed by atoms with E-state index in [2.05, 4.69) is 9.97 Å². The number of fused-ring (bicyclic) bond motifs is 2. The van der Waals surface area contributed by atoms with Crippen LogP contribution in [0.15, 0.2) is 122 Å². The number of halogens is 6. The van der Waals surface area contributed by atoms with Crippen molar-refractivity contribution in [3.63, 3.8) is 0 Å². The monoisotopic (exact) mass is 814 g/mol. The van der Waals surface area contributed by atoms with Crippen molar-refractivity contribution >= 4 is 59.3 Å². The second kappa shape index (κ2) is 14.8. The largest absolute Gasteiger partial charge is 0.453 e. The standard InChI is InChI=1S/C40H24F6N6O3S2/c41-39(42,43)26-11-7-22(8-12-26)24-15-28(19-48-17-24)54-30-3-1-5-32-35(30)50-37(56-32)52(21-34(47)53)38-51-36-31(4-2-6-33(36)57-38)55-29-16-25(18-49-20-29)23-9-13-27(14-10-23)40(44,45)46/h1-20H,21H2,(H2,47,53). The van der Waals surface area contributed by atoms with E-state index >= 15 is 0 Å². The second-order valence-electron chi connectivity index (χ2n) is 12.4. The molecule has 9 nitrogen and oxygen atoms in total. The van der Waals surface area contributed by atoms with Crippen molar-refractivity contribution < 1.29 is 40.6 Å². The molecule has 4 aromatic carbocycles. The molecule has 0 radical (unpaired) electrons. The first-order valence-electron chi connectivity index (χ1n) is 16.7. The van der Waals surface area contributed by atoms with Gasteiger partial charge in [-0.05, 0) is 71.8 Å². The maximum absolute atomic E-state index is 13.1. The zero-order chi connectivity index (χ0) is 39.9. The fraction of sp³-hybridized carbons (Fsp3) is 0.0750. The quantitative estimate of drug-likeness (QED) is 0.136. The first-order valence-corrected chi connectivity index (χ1v) is 18.4. The average molecular weight is 815 g/mol. The van der Waals surface area contributed by atoms with E-state index in [0.717, 1.165) is 33.7 Å². The molecule has 0 spiro atoms. The molecule has 286 valence electrons. The molecule has 0 bridgehead atoms. The smallest absolute Gasteiger partial charge is 0.416 e. The molecular formula is C40H24F6N6O3S2. The first-order chi connectivity index (χ1) is 27.3. The maximum atomic E-state index is 13.1. The molecule has 0 fully saturated rings. The van der Waals surface area contributed by atoms with E-state index in [-0.39, 0.29) is 6.54 Å². The van der Waals surface area contributed by atoms with Gasteiger partial charge in [-0.3, -0.25) is 19.7 Å². The van der Waals surface area contributed by atoms with Crippen LogP contribution in [-0.2, 0) is 17.1 Å². The molecule has 8 rings (SSSR count). The summed E-state index contributed by atoms with van der Waals surface area (Å²) in [5.41, 5.74) is 7.24. The van der Waals surface area contributed by atoms with Crippen LogP contribution in [0.2, 0.25) is 0 Å². The molecule has 17 heteroatoms. The van der Waals surface area contributed by atoms with Gasteiger partial charge in [0.25, 0.3) is 0 Å². The van der Waals surface area contributed by atoms with Crippen LogP contribution < -0.4 is 20.1 Å². The van der Waals surface area contributed by atoms with Gasteiger partial charge in [0.15, 0.2) is 21.8 Å². The highest BCUT2D eigenvalue weighted by atomic mass is 32.1. The average Bonchev–Trinajstić information content (AvgIpc) is 3.83. The lowest BCUT2D eigenvalue weighted by atomic mass is 10.1. The van der Waals surface area contributed by atoms with Crippen LogP contribution in [0.25, 0.3) is 42.7 Å². The summed E-state index contributed by atoms with van der Waals surface area (Å²) in [6, 6.07) is 23.4. The van der Waals surface area contributed by atoms with Gasteiger partial charge in [-0.1, -0.05) is 59.1 Å². The minimum Gasteiger partial charge on any atom is -0.453 e. The Labute approximate surface area is 326 Å². The number of benzene rings is 4. The maximum Gasteiger partial charge on any atom is 0.416 e. The SMILES string of the molecule is NC(=O)CN(c1nc2c(Oc3cncc(-c4ccc(C(F)(F)F)cc4)c3)cccc2s1)c1nc2c(Oc3cncc(-c4ccc(C(F)(F)F)cc4)c3)cccc2s1. The zero-order valence-corrected chi connectivity index (χ0v) is 30.5. The van der Waals surface area contributed by atoms with Crippen LogP contribution in [0.3, 0.4) is 0 Å². The number of carbonyl (C=O) groups is 1. The van der Waals surface area contributed by atoms with Crippen LogP contribution >= 0.6 is 22.7 Å². The minimum absolute atomic E-state index is 0.260. The van der Waals surface area contributed by atoms with Crippen molar-refractivity contribution in [3.8, 4) is 45.3 Å². The van der Waals surface area contributed by atoms with Crippen LogP contribution in [0.5, 0.6) is 23.0 Å². The zero-order valence-electron chi connectivity index (χ0n) is 28.9. The minimum atomic E-state index is -4.46. The molecule has 4 aromatic heterocycles. The summed E-state index contributed by atoms with van der Waals surface area (Å²) in [6.07, 6.45) is -2.93. The van der Waals surface area contributed by atoms with E-state index in [0.29, 0.717) is 66.5 Å². The van der Waals surface area contributed by atoms with E-state index < -0.39 is 29.4 Å². The summed E-state index contributed by atoms with van der Waals surface area (Å²) in [7, 11) is 0. The number of anilines is 2. The van der Waals surface area contributed by atoms with Gasteiger partial charge in [0.2, 0.25) is 5.91 Å². The third-order valence-corrected chi connectivity index (χ3v) is 10.6. The van der Waals surface area contributed by atoms with Gasteiger partial charge in [0, 0.05) is 23.5 Å². The number of carbonyl (C=O) groups excluding carboxylic acids is 1. The molecule has 0 saturated heterocycles. The van der Waals surface area contributed by atoms with Crippen LogP contribution in [-0.4, -0.2) is 32.4 Å². The number of alkyl halides is 6. The third-order valence-electron chi connectivity index (χ3n) is 8.49. The number of hydrogen-bond donors (Lipinski definition) is 1. The Hall–Kier alpha value is -6.59. The van der Waals surface area contributed by atoms with Gasteiger partial charge in [0.1, 0.15) is 29.1 Å². The van der Waals surface area contributed by atoms with E-state index in [9.17, 15) is 31.1 Å². The summed E-state index contributed by atoms with van der Waals surface area (Å²) >= 11 is 2.55. The molecular weight excluding hydrogens is 791 g/mol. The molecule has 0 saturated carbocycles. The van der Waals surface area contributed by atoms with E-state index in [1.165, 1.54) is 71.7 Å². The normalized spacial score (nSPS) is 11.9. The molecule has 1 amide bonds. The molecule has 4 heterocycles. The van der Waals surface area contributed by atoms with Crippen molar-refractivity contribution in [2.45, 2.75) is 12.4 Å². The van der Waals surface area contributed by atoms with Gasteiger partial charge in [-0.25, -0.2) is 9.97 Å². The van der Waals surface area contributed by atoms with Gasteiger partial charge < -0.3 is 15.2 Å². The Morgan fingerprint density at radius 1 is 0.596 bits per heavy atom. The molecule has 8 aromatic rings. The molecule has 0 unspecified atom stereocenters. The number of primary amides is 1. The predicted molar refractivity (Wildman–Crippen MR) is 205 cm³/mol. The van der Waals surface area contributed by atoms with Crippen LogP contribution in [0.4, 0.5) is 36.6 Å². The fourth-order valence-electron chi connectivity index (χ4n) is 5.81. The lowest BCUT2D eigenvalue weighted by Crippen LogP contribution is -2.30. The molecule has 0 aliphatic heterocycles. The Morgan fingerprint density at radius 3 is 1.40 bits per heavy atom. The Bertz CT molecular complexity index is 2570. The highest BCUT2D eigenvalue weighted by molar-refractivity contribution is 7.24. The summed E-state index contributed by atoms with van der Waals surface area (Å²) in [4.78, 5) is 32.1. The number of pyridine rings is 2. The van der Waals surface area contributed by atoms with Gasteiger partial charge in [-0.15, -0.1) is 0 Å². The van der Waals surface area contributed by atoms with Gasteiger partial charge >= 0.3 is 12.4 Å². The number of rotatable bonds is 10. The summed E-state index contributed by atoms with van der Waals surface area (Å²) in [5.74, 6) is 0.739. The van der Waals surface area contributed by atoms with Crippen molar-refractivity contribution in [1.29, 1.82) is 0 Å². The highest BCUT2D eigenvalue weighted by Crippen LogP contribution is 2.43. The van der Waals surface area contributed by atoms with Gasteiger partial charge in [-0.2, -0.15) is 26.3 Å². The Morgan fingerprint density at radius 2 is 1.02 bits per heavy atom. The molecule has 0 atom stereocenters. The second-order valence-corrected chi connectivity index (χ2v) is 14.4. The molecule has 0 aliphatic carbocycles. The number of ether oxygens (including phenoxy) is 2. The van der Waals surface area contributed by atoms with Gasteiger partial charge in [0.05, 0.1) is 32.9 Å². The van der Waals surface area contributed by atoms with Crippen molar-refractivity contribution in [3.05, 3.63) is 133 Å². The van der Waals surface area contributed by atoms with E-state index in [4.69, 9.17) is 25.2 Å². The Balaban J connectivity index is 1.07. The topological polar surface area (TPSA) is 116 Å². The number of hydrogen-bond acceptors (Lipinski definition) is 10. The van der Waals surface area contributed by atoms with Crippen molar-refractivity contribution in [1.82, 2.24) is 19.9 Å². The number of nitrogens with two attached hydrogens (primary N) is 1. The van der Waals surface area contributed by atoms with Crippen molar-refractivity contribution in [2.24, 2.45) is 5.73 Å². The number of aromatic nitrogens is 4. The highest BCUT2D eigenvalue weighted by Gasteiger charge is 2.31. The lowest BCUT2D eigenvalue weighted by Gasteiger charge is -2.16. The molecule has 57 heavy (non-hydrogen) atoms. The van der Waals surface area contributed by atoms with E-state index in [1.807, 2.05) is 12.1 Å². The fourth-order valence-corrected chi connectivity index (χ4v) is 7.84.